The number of likely N-dealkylation sites (N-methyl/N-ethyl adjacent to an activating group) is 1. The maximum absolute atomic E-state index is 13.0. The van der Waals surface area contributed by atoms with Gasteiger partial charge in [-0.1, -0.05) is 44.2 Å². The second-order valence-corrected chi connectivity index (χ2v) is 5.61. The topological polar surface area (TPSA) is 43.8 Å². The molecule has 1 amide bonds. The standard InChI is InChI=1S/C17H26N2O2/c1-3-18(4-2)16(14-9-6-5-7-10-14)17(21)19-12-8-11-15(20)13-19/h5-7,9-10,15-16,20H,3-4,8,11-13H2,1-2H3. The Hall–Kier alpha value is -1.39. The van der Waals surface area contributed by atoms with Gasteiger partial charge in [0.1, 0.15) is 6.04 Å². The van der Waals surface area contributed by atoms with Gasteiger partial charge in [0.05, 0.1) is 6.10 Å². The van der Waals surface area contributed by atoms with Crippen molar-refractivity contribution in [2.75, 3.05) is 26.2 Å². The first kappa shape index (κ1) is 16.0. The predicted octanol–water partition coefficient (Wildman–Crippen LogP) is 2.05. The van der Waals surface area contributed by atoms with Gasteiger partial charge in [-0.05, 0) is 31.5 Å². The first-order valence-electron chi connectivity index (χ1n) is 7.93. The first-order chi connectivity index (χ1) is 10.2. The molecule has 1 saturated heterocycles. The van der Waals surface area contributed by atoms with E-state index in [0.29, 0.717) is 6.54 Å². The highest BCUT2D eigenvalue weighted by atomic mass is 16.3. The van der Waals surface area contributed by atoms with Gasteiger partial charge in [0.2, 0.25) is 5.91 Å². The molecule has 2 atom stereocenters. The minimum Gasteiger partial charge on any atom is -0.391 e. The maximum atomic E-state index is 13.0. The number of hydrogen-bond donors (Lipinski definition) is 1. The lowest BCUT2D eigenvalue weighted by Gasteiger charge is -2.37. The number of carbonyl (C=O) groups is 1. The molecule has 0 spiro atoms. The summed E-state index contributed by atoms with van der Waals surface area (Å²) in [6.07, 6.45) is 1.30. The zero-order valence-electron chi connectivity index (χ0n) is 13.0. The van der Waals surface area contributed by atoms with Crippen molar-refractivity contribution in [2.45, 2.75) is 38.8 Å². The molecule has 0 saturated carbocycles. The number of hydrogen-bond acceptors (Lipinski definition) is 3. The molecule has 1 N–H and O–H groups in total. The zero-order chi connectivity index (χ0) is 15.2. The summed E-state index contributed by atoms with van der Waals surface area (Å²) in [4.78, 5) is 17.0. The van der Waals surface area contributed by atoms with Crippen LogP contribution in [-0.4, -0.2) is 53.1 Å². The van der Waals surface area contributed by atoms with Gasteiger partial charge in [0, 0.05) is 13.1 Å². The van der Waals surface area contributed by atoms with E-state index >= 15 is 0 Å². The van der Waals surface area contributed by atoms with Crippen molar-refractivity contribution < 1.29 is 9.90 Å². The SMILES string of the molecule is CCN(CC)C(C(=O)N1CCCC(O)C1)c1ccccc1. The van der Waals surface area contributed by atoms with Gasteiger partial charge >= 0.3 is 0 Å². The summed E-state index contributed by atoms with van der Waals surface area (Å²) in [6, 6.07) is 9.71. The Morgan fingerprint density at radius 1 is 1.33 bits per heavy atom. The molecular formula is C17H26N2O2. The van der Waals surface area contributed by atoms with Gasteiger partial charge in [-0.3, -0.25) is 9.69 Å². The third-order valence-corrected chi connectivity index (χ3v) is 4.23. The number of aliphatic hydroxyl groups is 1. The van der Waals surface area contributed by atoms with E-state index in [4.69, 9.17) is 0 Å². The van der Waals surface area contributed by atoms with Crippen LogP contribution >= 0.6 is 0 Å². The van der Waals surface area contributed by atoms with E-state index in [1.807, 2.05) is 35.2 Å². The highest BCUT2D eigenvalue weighted by Crippen LogP contribution is 2.24. The van der Waals surface area contributed by atoms with E-state index in [9.17, 15) is 9.90 Å². The number of nitrogens with zero attached hydrogens (tertiary/aromatic N) is 2. The molecule has 1 aromatic rings. The summed E-state index contributed by atoms with van der Waals surface area (Å²) in [6.45, 7) is 7.04. The van der Waals surface area contributed by atoms with Crippen molar-refractivity contribution in [1.82, 2.24) is 9.80 Å². The van der Waals surface area contributed by atoms with Crippen LogP contribution in [0.5, 0.6) is 0 Å². The van der Waals surface area contributed by atoms with Crippen molar-refractivity contribution >= 4 is 5.91 Å². The quantitative estimate of drug-likeness (QED) is 0.902. The average molecular weight is 290 g/mol. The molecule has 1 aliphatic rings. The average Bonchev–Trinajstić information content (AvgIpc) is 2.52. The highest BCUT2D eigenvalue weighted by Gasteiger charge is 2.32. The molecule has 21 heavy (non-hydrogen) atoms. The molecule has 1 aromatic carbocycles. The van der Waals surface area contributed by atoms with Crippen molar-refractivity contribution in [2.24, 2.45) is 0 Å². The Morgan fingerprint density at radius 3 is 2.57 bits per heavy atom. The Morgan fingerprint density at radius 2 is 2.00 bits per heavy atom. The fourth-order valence-electron chi connectivity index (χ4n) is 3.06. The molecule has 0 bridgehead atoms. The van der Waals surface area contributed by atoms with E-state index in [-0.39, 0.29) is 18.1 Å². The van der Waals surface area contributed by atoms with Crippen molar-refractivity contribution in [3.8, 4) is 0 Å². The molecule has 2 unspecified atom stereocenters. The Labute approximate surface area is 127 Å². The molecule has 2 rings (SSSR count). The zero-order valence-corrected chi connectivity index (χ0v) is 13.0. The second-order valence-electron chi connectivity index (χ2n) is 5.61. The number of rotatable bonds is 5. The predicted molar refractivity (Wildman–Crippen MR) is 83.9 cm³/mol. The highest BCUT2D eigenvalue weighted by molar-refractivity contribution is 5.83. The summed E-state index contributed by atoms with van der Waals surface area (Å²) in [5, 5.41) is 9.83. The molecule has 1 aliphatic heterocycles. The number of likely N-dealkylation sites (tertiary alicyclic amines) is 1. The van der Waals surface area contributed by atoms with E-state index in [1.165, 1.54) is 0 Å². The van der Waals surface area contributed by atoms with Crippen LogP contribution in [0.2, 0.25) is 0 Å². The largest absolute Gasteiger partial charge is 0.391 e. The number of carbonyl (C=O) groups excluding carboxylic acids is 1. The fraction of sp³-hybridized carbons (Fsp3) is 0.588. The molecule has 4 heteroatoms. The maximum Gasteiger partial charge on any atom is 0.244 e. The molecule has 0 radical (unpaired) electrons. The van der Waals surface area contributed by atoms with Crippen LogP contribution in [0.25, 0.3) is 0 Å². The minimum absolute atomic E-state index is 0.114. The lowest BCUT2D eigenvalue weighted by molar-refractivity contribution is -0.140. The van der Waals surface area contributed by atoms with Gasteiger partial charge in [0.25, 0.3) is 0 Å². The van der Waals surface area contributed by atoms with Gasteiger partial charge in [-0.25, -0.2) is 0 Å². The second kappa shape index (κ2) is 7.57. The van der Waals surface area contributed by atoms with Crippen LogP contribution < -0.4 is 0 Å². The first-order valence-corrected chi connectivity index (χ1v) is 7.93. The smallest absolute Gasteiger partial charge is 0.244 e. The monoisotopic (exact) mass is 290 g/mol. The van der Waals surface area contributed by atoms with Crippen LogP contribution in [0.1, 0.15) is 38.3 Å². The normalized spacial score (nSPS) is 20.6. The van der Waals surface area contributed by atoms with Crippen molar-refractivity contribution in [1.29, 1.82) is 0 Å². The molecule has 4 nitrogen and oxygen atoms in total. The summed E-state index contributed by atoms with van der Waals surface area (Å²) in [5.41, 5.74) is 1.03. The Kier molecular flexibility index (Phi) is 5.76. The number of aliphatic hydroxyl groups excluding tert-OH is 1. The summed E-state index contributed by atoms with van der Waals surface area (Å²) in [7, 11) is 0. The van der Waals surface area contributed by atoms with Crippen LogP contribution in [0.3, 0.4) is 0 Å². The van der Waals surface area contributed by atoms with Gasteiger partial charge in [-0.15, -0.1) is 0 Å². The molecule has 0 aliphatic carbocycles. The van der Waals surface area contributed by atoms with E-state index in [1.54, 1.807) is 0 Å². The fourth-order valence-corrected chi connectivity index (χ4v) is 3.06. The lowest BCUT2D eigenvalue weighted by atomic mass is 10.0. The number of β-amino-alcohol motifs (C(OH)–C–C–N with tert-alkyl or cyclic N) is 1. The van der Waals surface area contributed by atoms with Crippen molar-refractivity contribution in [3.63, 3.8) is 0 Å². The van der Waals surface area contributed by atoms with Crippen LogP contribution in [0.4, 0.5) is 0 Å². The van der Waals surface area contributed by atoms with Crippen LogP contribution in [0, 0.1) is 0 Å². The van der Waals surface area contributed by atoms with Crippen LogP contribution in [-0.2, 0) is 4.79 Å². The third-order valence-electron chi connectivity index (χ3n) is 4.23. The molecule has 1 fully saturated rings. The van der Waals surface area contributed by atoms with Gasteiger partial charge in [0.15, 0.2) is 0 Å². The van der Waals surface area contributed by atoms with Crippen molar-refractivity contribution in [3.05, 3.63) is 35.9 Å². The summed E-state index contributed by atoms with van der Waals surface area (Å²) >= 11 is 0. The van der Waals surface area contributed by atoms with E-state index in [0.717, 1.165) is 38.0 Å². The van der Waals surface area contributed by atoms with E-state index in [2.05, 4.69) is 18.7 Å². The Bertz CT molecular complexity index is 445. The van der Waals surface area contributed by atoms with Gasteiger partial charge in [-0.2, -0.15) is 0 Å². The minimum atomic E-state index is -0.379. The van der Waals surface area contributed by atoms with Crippen LogP contribution in [0.15, 0.2) is 30.3 Å². The molecular weight excluding hydrogens is 264 g/mol. The molecule has 1 heterocycles. The lowest BCUT2D eigenvalue weighted by Crippen LogP contribution is -2.48. The number of piperidine rings is 1. The summed E-state index contributed by atoms with van der Waals surface area (Å²) in [5.74, 6) is 0.114. The number of benzene rings is 1. The third kappa shape index (κ3) is 3.83. The molecule has 0 aromatic heterocycles. The summed E-state index contributed by atoms with van der Waals surface area (Å²) < 4.78 is 0. The Balaban J connectivity index is 2.24. The number of amides is 1. The van der Waals surface area contributed by atoms with E-state index < -0.39 is 0 Å². The molecule has 116 valence electrons. The van der Waals surface area contributed by atoms with Gasteiger partial charge < -0.3 is 10.0 Å².